The van der Waals surface area contributed by atoms with E-state index in [4.69, 9.17) is 28.4 Å². The van der Waals surface area contributed by atoms with Crippen LogP contribution >= 0.6 is 0 Å². The number of Topliss-reactive ketones (excluding diaryl/α,β-unsaturated/α-hetero) is 2. The summed E-state index contributed by atoms with van der Waals surface area (Å²) in [5.41, 5.74) is 2.56. The molecule has 1 amide bonds. The van der Waals surface area contributed by atoms with Crippen molar-refractivity contribution in [1.29, 1.82) is 0 Å². The molecule has 14 nitrogen and oxygen atoms in total. The first kappa shape index (κ1) is 53.2. The number of esters is 2. The molecular weight excluding hydrogens is 847 g/mol. The van der Waals surface area contributed by atoms with Gasteiger partial charge in [0.1, 0.15) is 30.6 Å². The summed E-state index contributed by atoms with van der Waals surface area (Å²) in [5, 5.41) is 24.0. The van der Waals surface area contributed by atoms with Gasteiger partial charge in [-0.15, -0.1) is 0 Å². The quantitative estimate of drug-likeness (QED) is 0.141. The van der Waals surface area contributed by atoms with E-state index in [1.165, 1.54) is 19.1 Å². The number of hydrogen-bond acceptors (Lipinski definition) is 13. The van der Waals surface area contributed by atoms with Crippen LogP contribution in [0.5, 0.6) is 0 Å². The normalized spacial score (nSPS) is 36.9. The van der Waals surface area contributed by atoms with Crippen LogP contribution in [0.3, 0.4) is 0 Å². The van der Waals surface area contributed by atoms with E-state index in [0.29, 0.717) is 50.5 Å². The van der Waals surface area contributed by atoms with Gasteiger partial charge in [0.2, 0.25) is 5.79 Å². The van der Waals surface area contributed by atoms with Gasteiger partial charge < -0.3 is 43.5 Å². The highest BCUT2D eigenvalue weighted by atomic mass is 16.7. The minimum atomic E-state index is -2.52. The van der Waals surface area contributed by atoms with Crippen molar-refractivity contribution < 1.29 is 62.6 Å². The van der Waals surface area contributed by atoms with Crippen molar-refractivity contribution in [3.63, 3.8) is 0 Å². The third kappa shape index (κ3) is 13.3. The van der Waals surface area contributed by atoms with Crippen molar-refractivity contribution in [3.05, 3.63) is 59.2 Å². The van der Waals surface area contributed by atoms with Gasteiger partial charge in [0.15, 0.2) is 0 Å². The van der Waals surface area contributed by atoms with Crippen molar-refractivity contribution in [2.45, 2.75) is 174 Å². The Balaban J connectivity index is 1.44. The van der Waals surface area contributed by atoms with E-state index in [0.717, 1.165) is 17.6 Å². The zero-order chi connectivity index (χ0) is 48.3. The average molecular weight is 924 g/mol. The number of allylic oxidation sites excluding steroid dienone is 3. The average Bonchev–Trinajstić information content (AvgIpc) is 3.31. The van der Waals surface area contributed by atoms with Crippen molar-refractivity contribution in [3.8, 4) is 0 Å². The van der Waals surface area contributed by atoms with Gasteiger partial charge in [-0.05, 0) is 107 Å². The molecule has 14 unspecified atom stereocenters. The third-order valence-electron chi connectivity index (χ3n) is 14.7. The summed E-state index contributed by atoms with van der Waals surface area (Å²) in [4.78, 5) is 71.3. The van der Waals surface area contributed by atoms with Crippen LogP contribution in [0.15, 0.2) is 53.6 Å². The van der Waals surface area contributed by atoms with E-state index in [9.17, 15) is 34.2 Å². The maximum atomic E-state index is 14.5. The number of ether oxygens (including phenoxy) is 6. The number of benzene rings is 1. The highest BCUT2D eigenvalue weighted by molar-refractivity contribution is 6.39. The molecule has 2 saturated heterocycles. The first-order valence-corrected chi connectivity index (χ1v) is 24.2. The second kappa shape index (κ2) is 24.5. The molecule has 4 aliphatic rings. The monoisotopic (exact) mass is 924 g/mol. The number of carbonyl (C=O) groups is 5. The Morgan fingerprint density at radius 1 is 0.909 bits per heavy atom. The Bertz CT molecular complexity index is 1870. The fourth-order valence-electron chi connectivity index (χ4n) is 10.7. The van der Waals surface area contributed by atoms with Crippen LogP contribution in [0.2, 0.25) is 0 Å². The van der Waals surface area contributed by atoms with Crippen LogP contribution in [0.25, 0.3) is 0 Å². The molecule has 1 aromatic carbocycles. The number of nitrogens with zero attached hydrogens (tertiary/aromatic N) is 1. The summed E-state index contributed by atoms with van der Waals surface area (Å²) >= 11 is 0. The summed E-state index contributed by atoms with van der Waals surface area (Å²) in [7, 11) is 4.70. The Hall–Kier alpha value is -3.79. The molecular formula is C52H77NO13. The number of aliphatic hydroxyl groups is 2. The molecule has 0 radical (unpaired) electrons. The van der Waals surface area contributed by atoms with E-state index in [1.807, 2.05) is 63.3 Å². The summed E-state index contributed by atoms with van der Waals surface area (Å²) in [5.74, 6) is -8.01. The molecule has 3 aliphatic heterocycles. The topological polar surface area (TPSA) is 184 Å². The molecule has 14 atom stereocenters. The SMILES string of the molecule is CCC1/C=C(\C)CC(C)CC(OC)C2OC(O)(C(=O)C(=O)N3CCCCC3C(=O)OC(C(C)=CC3CCC(CC(=O)OCc4ccccc4)C(OC)C3)C(C)C(O)CC1=O)C(C)CC2OC. The lowest BCUT2D eigenvalue weighted by molar-refractivity contribution is -0.302. The maximum Gasteiger partial charge on any atom is 0.329 e. The van der Waals surface area contributed by atoms with Crippen molar-refractivity contribution >= 4 is 29.4 Å². The Morgan fingerprint density at radius 3 is 2.26 bits per heavy atom. The van der Waals surface area contributed by atoms with Gasteiger partial charge >= 0.3 is 11.9 Å². The van der Waals surface area contributed by atoms with Crippen LogP contribution in [-0.2, 0) is 59.0 Å². The lowest BCUT2D eigenvalue weighted by Crippen LogP contribution is -2.64. The van der Waals surface area contributed by atoms with Crippen LogP contribution in [0.1, 0.15) is 124 Å². The van der Waals surface area contributed by atoms with Gasteiger partial charge in [0.05, 0.1) is 30.8 Å². The molecule has 2 bridgehead atoms. The van der Waals surface area contributed by atoms with Crippen molar-refractivity contribution in [2.75, 3.05) is 27.9 Å². The molecule has 368 valence electrons. The van der Waals surface area contributed by atoms with E-state index < -0.39 is 77.8 Å². The number of piperidine rings is 1. The van der Waals surface area contributed by atoms with E-state index in [2.05, 4.69) is 6.92 Å². The summed E-state index contributed by atoms with van der Waals surface area (Å²) in [6.07, 6.45) is 4.68. The number of amides is 1. The fourth-order valence-corrected chi connectivity index (χ4v) is 10.7. The van der Waals surface area contributed by atoms with Gasteiger partial charge in [-0.25, -0.2) is 4.79 Å². The number of rotatable bonds is 10. The third-order valence-corrected chi connectivity index (χ3v) is 14.7. The molecule has 1 saturated carbocycles. The van der Waals surface area contributed by atoms with Gasteiger partial charge in [0, 0.05) is 52.0 Å². The summed E-state index contributed by atoms with van der Waals surface area (Å²) < 4.78 is 35.9. The van der Waals surface area contributed by atoms with Gasteiger partial charge in [0.25, 0.3) is 11.7 Å². The Morgan fingerprint density at radius 2 is 1.59 bits per heavy atom. The smallest absolute Gasteiger partial charge is 0.329 e. The van der Waals surface area contributed by atoms with Crippen LogP contribution in [-0.4, -0.2) is 121 Å². The van der Waals surface area contributed by atoms with Crippen LogP contribution in [0, 0.1) is 35.5 Å². The molecule has 66 heavy (non-hydrogen) atoms. The first-order chi connectivity index (χ1) is 31.4. The molecule has 14 heteroatoms. The number of hydrogen-bond donors (Lipinski definition) is 2. The van der Waals surface area contributed by atoms with E-state index in [1.54, 1.807) is 21.0 Å². The molecule has 0 aromatic heterocycles. The van der Waals surface area contributed by atoms with Gasteiger partial charge in [-0.2, -0.15) is 0 Å². The van der Waals surface area contributed by atoms with Gasteiger partial charge in [-0.3, -0.25) is 19.2 Å². The number of methoxy groups -OCH3 is 3. The molecule has 2 N–H and O–H groups in total. The van der Waals surface area contributed by atoms with Crippen LogP contribution in [0.4, 0.5) is 0 Å². The first-order valence-electron chi connectivity index (χ1n) is 24.2. The van der Waals surface area contributed by atoms with Crippen molar-refractivity contribution in [2.24, 2.45) is 35.5 Å². The number of cyclic esters (lactones) is 1. The minimum Gasteiger partial charge on any atom is -0.461 e. The predicted molar refractivity (Wildman–Crippen MR) is 246 cm³/mol. The number of ketones is 2. The second-order valence-electron chi connectivity index (χ2n) is 19.7. The number of carbonyl (C=O) groups excluding carboxylic acids is 5. The molecule has 0 spiro atoms. The fraction of sp³-hybridized carbons (Fsp3) is 0.712. The van der Waals surface area contributed by atoms with E-state index in [-0.39, 0.29) is 74.4 Å². The Labute approximate surface area is 392 Å². The molecule has 1 aliphatic carbocycles. The molecule has 1 aromatic rings. The maximum absolute atomic E-state index is 14.5. The minimum absolute atomic E-state index is 0.0212. The zero-order valence-corrected chi connectivity index (χ0v) is 40.8. The molecule has 5 rings (SSSR count). The van der Waals surface area contributed by atoms with Crippen LogP contribution < -0.4 is 0 Å². The largest absolute Gasteiger partial charge is 0.461 e. The number of fused-ring (bicyclic) bond motifs is 3. The highest BCUT2D eigenvalue weighted by Gasteiger charge is 2.56. The molecule has 3 fully saturated rings. The highest BCUT2D eigenvalue weighted by Crippen LogP contribution is 2.40. The second-order valence-corrected chi connectivity index (χ2v) is 19.7. The Kier molecular flexibility index (Phi) is 19.7. The lowest BCUT2D eigenvalue weighted by Gasteiger charge is -2.47. The zero-order valence-electron chi connectivity index (χ0n) is 40.8. The standard InChI is InChI=1S/C52H77NO13/c1-10-38-23-31(2)22-32(3)24-44(62-8)48-45(63-9)26-34(5)52(60,66-48)49(57)50(58)53-21-15-14-18-40(53)51(59)65-47(35(6)41(54)29-42(38)55)33(4)25-37-19-20-39(43(27-37)61-7)28-46(56)64-30-36-16-12-11-13-17-36/h11-13,16-17,23,25,32,34-35,37-41,43-45,47-48,54,60H,10,14-15,18-22,24,26-30H2,1-9H3/b31-23+,33-25?. The van der Waals surface area contributed by atoms with Crippen molar-refractivity contribution in [1.82, 2.24) is 4.90 Å². The van der Waals surface area contributed by atoms with Gasteiger partial charge in [-0.1, -0.05) is 75.8 Å². The summed E-state index contributed by atoms with van der Waals surface area (Å²) in [6.45, 7) is 11.5. The lowest BCUT2D eigenvalue weighted by atomic mass is 9.77. The predicted octanol–water partition coefficient (Wildman–Crippen LogP) is 6.86. The summed E-state index contributed by atoms with van der Waals surface area (Å²) in [6, 6.07) is 8.36. The number of aliphatic hydroxyl groups excluding tert-OH is 1. The molecule has 3 heterocycles. The van der Waals surface area contributed by atoms with E-state index >= 15 is 0 Å².